The molecule has 1 aromatic heterocycles. The molecule has 28 heavy (non-hydrogen) atoms. The highest BCUT2D eigenvalue weighted by Crippen LogP contribution is 2.37. The normalized spacial score (nSPS) is 18.1. The van der Waals surface area contributed by atoms with E-state index >= 15 is 0 Å². The third kappa shape index (κ3) is 3.25. The molecule has 6 nitrogen and oxygen atoms in total. The predicted molar refractivity (Wildman–Crippen MR) is 106 cm³/mol. The fourth-order valence-corrected chi connectivity index (χ4v) is 3.79. The van der Waals surface area contributed by atoms with Gasteiger partial charge in [0.1, 0.15) is 0 Å². The Morgan fingerprint density at radius 1 is 1.11 bits per heavy atom. The fourth-order valence-electron chi connectivity index (χ4n) is 3.79. The summed E-state index contributed by atoms with van der Waals surface area (Å²) in [6, 6.07) is 16.7. The maximum atomic E-state index is 5.57. The van der Waals surface area contributed by atoms with Gasteiger partial charge in [0.05, 0.1) is 18.0 Å². The Kier molecular flexibility index (Phi) is 4.50. The van der Waals surface area contributed by atoms with Crippen LogP contribution in [0, 0.1) is 0 Å². The number of likely N-dealkylation sites (N-methyl/N-ethyl adjacent to an activating group) is 1. The van der Waals surface area contributed by atoms with E-state index in [0.29, 0.717) is 6.04 Å². The highest BCUT2D eigenvalue weighted by Gasteiger charge is 2.23. The summed E-state index contributed by atoms with van der Waals surface area (Å²) >= 11 is 0. The highest BCUT2D eigenvalue weighted by atomic mass is 16.7. The van der Waals surface area contributed by atoms with Crippen LogP contribution in [0.15, 0.2) is 54.7 Å². The summed E-state index contributed by atoms with van der Waals surface area (Å²) in [4.78, 5) is 2.36. The Morgan fingerprint density at radius 3 is 2.79 bits per heavy atom. The first-order valence-corrected chi connectivity index (χ1v) is 9.60. The molecule has 6 heteroatoms. The van der Waals surface area contributed by atoms with E-state index in [1.54, 1.807) is 0 Å². The Morgan fingerprint density at radius 2 is 1.96 bits per heavy atom. The maximum Gasteiger partial charge on any atom is 0.231 e. The summed E-state index contributed by atoms with van der Waals surface area (Å²) in [6.07, 6.45) is 3.20. The second-order valence-corrected chi connectivity index (χ2v) is 7.28. The van der Waals surface area contributed by atoms with E-state index in [2.05, 4.69) is 30.3 Å². The van der Waals surface area contributed by atoms with E-state index < -0.39 is 0 Å². The molecule has 0 bridgehead atoms. The second kappa shape index (κ2) is 7.30. The van der Waals surface area contributed by atoms with Crippen molar-refractivity contribution in [1.82, 2.24) is 14.7 Å². The summed E-state index contributed by atoms with van der Waals surface area (Å²) in [5.41, 5.74) is 4.22. The van der Waals surface area contributed by atoms with Gasteiger partial charge in [-0.25, -0.2) is 4.68 Å². The minimum Gasteiger partial charge on any atom is -0.454 e. The molecule has 0 N–H and O–H groups in total. The largest absolute Gasteiger partial charge is 0.454 e. The van der Waals surface area contributed by atoms with Crippen molar-refractivity contribution >= 4 is 0 Å². The van der Waals surface area contributed by atoms with Crippen LogP contribution in [0.2, 0.25) is 0 Å². The van der Waals surface area contributed by atoms with Crippen molar-refractivity contribution in [3.8, 4) is 28.4 Å². The van der Waals surface area contributed by atoms with Crippen LogP contribution >= 0.6 is 0 Å². The fraction of sp³-hybridized carbons (Fsp3) is 0.318. The van der Waals surface area contributed by atoms with Crippen molar-refractivity contribution in [2.24, 2.45) is 0 Å². The average Bonchev–Trinajstić information content (AvgIpc) is 3.48. The topological polar surface area (TPSA) is 48.8 Å². The molecule has 3 aromatic rings. The van der Waals surface area contributed by atoms with Gasteiger partial charge in [-0.05, 0) is 43.8 Å². The van der Waals surface area contributed by atoms with E-state index in [4.69, 9.17) is 19.3 Å². The summed E-state index contributed by atoms with van der Waals surface area (Å²) in [6.45, 7) is 2.72. The third-order valence-electron chi connectivity index (χ3n) is 5.41. The minimum atomic E-state index is 0.272. The van der Waals surface area contributed by atoms with Crippen LogP contribution in [0.25, 0.3) is 16.9 Å². The van der Waals surface area contributed by atoms with Gasteiger partial charge in [-0.3, -0.25) is 4.90 Å². The molecule has 0 saturated carbocycles. The zero-order valence-electron chi connectivity index (χ0n) is 15.9. The molecule has 144 valence electrons. The first-order valence-electron chi connectivity index (χ1n) is 9.60. The zero-order valence-corrected chi connectivity index (χ0v) is 15.9. The number of benzene rings is 2. The number of rotatable bonds is 5. The van der Waals surface area contributed by atoms with E-state index in [-0.39, 0.29) is 6.79 Å². The van der Waals surface area contributed by atoms with Gasteiger partial charge in [0.2, 0.25) is 6.79 Å². The van der Waals surface area contributed by atoms with Crippen molar-refractivity contribution in [3.05, 3.63) is 60.3 Å². The predicted octanol–water partition coefficient (Wildman–Crippen LogP) is 3.49. The SMILES string of the molecule is CN(Cc1cn(-c2ccccc2)nc1-c1ccc2c(c1)OCO2)C1CCOC1. The van der Waals surface area contributed by atoms with Gasteiger partial charge >= 0.3 is 0 Å². The quantitative estimate of drug-likeness (QED) is 0.681. The van der Waals surface area contributed by atoms with Crippen LogP contribution in [0.3, 0.4) is 0 Å². The maximum absolute atomic E-state index is 5.57. The van der Waals surface area contributed by atoms with Crippen molar-refractivity contribution in [3.63, 3.8) is 0 Å². The standard InChI is InChI=1S/C22H23N3O3/c1-24(19-9-10-26-14-19)12-17-13-25(18-5-3-2-4-6-18)23-22(17)16-7-8-20-21(11-16)28-15-27-20/h2-8,11,13,19H,9-10,12,14-15H2,1H3. The van der Waals surface area contributed by atoms with Crippen LogP contribution in [-0.2, 0) is 11.3 Å². The molecule has 1 saturated heterocycles. The van der Waals surface area contributed by atoms with Gasteiger partial charge < -0.3 is 14.2 Å². The lowest BCUT2D eigenvalue weighted by molar-refractivity contribution is 0.156. The molecule has 0 aliphatic carbocycles. The van der Waals surface area contributed by atoms with E-state index in [9.17, 15) is 0 Å². The summed E-state index contributed by atoms with van der Waals surface area (Å²) in [7, 11) is 2.16. The minimum absolute atomic E-state index is 0.272. The molecular weight excluding hydrogens is 354 g/mol. The molecule has 0 amide bonds. The monoisotopic (exact) mass is 377 g/mol. The molecule has 2 aliphatic heterocycles. The zero-order chi connectivity index (χ0) is 18.9. The molecule has 2 aliphatic rings. The first-order chi connectivity index (χ1) is 13.8. The lowest BCUT2D eigenvalue weighted by Crippen LogP contribution is -2.31. The lowest BCUT2D eigenvalue weighted by atomic mass is 10.1. The average molecular weight is 377 g/mol. The van der Waals surface area contributed by atoms with Crippen LogP contribution < -0.4 is 9.47 Å². The molecule has 0 radical (unpaired) electrons. The van der Waals surface area contributed by atoms with Gasteiger partial charge in [-0.1, -0.05) is 18.2 Å². The van der Waals surface area contributed by atoms with Crippen LogP contribution in [0.5, 0.6) is 11.5 Å². The van der Waals surface area contributed by atoms with Gasteiger partial charge in [0, 0.05) is 36.5 Å². The molecule has 1 unspecified atom stereocenters. The number of hydrogen-bond acceptors (Lipinski definition) is 5. The van der Waals surface area contributed by atoms with Gasteiger partial charge in [-0.15, -0.1) is 0 Å². The van der Waals surface area contributed by atoms with Crippen LogP contribution in [0.1, 0.15) is 12.0 Å². The Balaban J connectivity index is 1.53. The number of nitrogens with zero attached hydrogens (tertiary/aromatic N) is 3. The number of para-hydroxylation sites is 1. The highest BCUT2D eigenvalue weighted by molar-refractivity contribution is 5.67. The van der Waals surface area contributed by atoms with Crippen molar-refractivity contribution in [2.75, 3.05) is 27.1 Å². The first kappa shape index (κ1) is 17.3. The van der Waals surface area contributed by atoms with Crippen LogP contribution in [-0.4, -0.2) is 47.8 Å². The Labute approximate surface area is 164 Å². The van der Waals surface area contributed by atoms with Crippen molar-refractivity contribution in [2.45, 2.75) is 19.0 Å². The number of hydrogen-bond donors (Lipinski definition) is 0. The molecule has 0 spiro atoms. The van der Waals surface area contributed by atoms with Crippen molar-refractivity contribution in [1.29, 1.82) is 0 Å². The van der Waals surface area contributed by atoms with E-state index in [1.807, 2.05) is 41.1 Å². The summed E-state index contributed by atoms with van der Waals surface area (Å²) in [5, 5.41) is 4.92. The molecule has 1 atom stereocenters. The summed E-state index contributed by atoms with van der Waals surface area (Å²) < 4.78 is 18.5. The molecule has 5 rings (SSSR count). The van der Waals surface area contributed by atoms with Crippen molar-refractivity contribution < 1.29 is 14.2 Å². The van der Waals surface area contributed by atoms with Gasteiger partial charge in [0.15, 0.2) is 11.5 Å². The Bertz CT molecular complexity index is 964. The smallest absolute Gasteiger partial charge is 0.231 e. The molecule has 2 aromatic carbocycles. The van der Waals surface area contributed by atoms with E-state index in [1.165, 1.54) is 5.56 Å². The summed E-state index contributed by atoms with van der Waals surface area (Å²) in [5.74, 6) is 1.56. The van der Waals surface area contributed by atoms with Crippen LogP contribution in [0.4, 0.5) is 0 Å². The molecule has 3 heterocycles. The Hall–Kier alpha value is -2.83. The third-order valence-corrected chi connectivity index (χ3v) is 5.41. The van der Waals surface area contributed by atoms with Gasteiger partial charge in [0.25, 0.3) is 0 Å². The van der Waals surface area contributed by atoms with Gasteiger partial charge in [-0.2, -0.15) is 5.10 Å². The second-order valence-electron chi connectivity index (χ2n) is 7.28. The molecular formula is C22H23N3O3. The number of fused-ring (bicyclic) bond motifs is 1. The number of aromatic nitrogens is 2. The number of ether oxygens (including phenoxy) is 3. The molecule has 1 fully saturated rings. The van der Waals surface area contributed by atoms with E-state index in [0.717, 1.165) is 54.6 Å². The lowest BCUT2D eigenvalue weighted by Gasteiger charge is -2.22.